The second kappa shape index (κ2) is 7.57. The summed E-state index contributed by atoms with van der Waals surface area (Å²) in [6, 6.07) is 4.64. The van der Waals surface area contributed by atoms with Crippen LogP contribution >= 0.6 is 28.3 Å². The molecule has 1 aliphatic heterocycles. The van der Waals surface area contributed by atoms with Crippen LogP contribution in [0.5, 0.6) is 5.75 Å². The lowest BCUT2D eigenvalue weighted by molar-refractivity contribution is -0.132. The molecule has 2 rings (SSSR count). The Kier molecular flexibility index (Phi) is 6.58. The fourth-order valence-corrected chi connectivity index (χ4v) is 2.77. The number of hydrogen-bond donors (Lipinski definition) is 1. The van der Waals surface area contributed by atoms with Gasteiger partial charge in [0, 0.05) is 30.0 Å². The van der Waals surface area contributed by atoms with Gasteiger partial charge in [-0.05, 0) is 18.2 Å². The summed E-state index contributed by atoms with van der Waals surface area (Å²) >= 11 is 3.36. The summed E-state index contributed by atoms with van der Waals surface area (Å²) in [6.07, 6.45) is -0.453. The van der Waals surface area contributed by atoms with Crippen molar-refractivity contribution in [3.05, 3.63) is 28.2 Å². The molecule has 0 spiro atoms. The Balaban J connectivity index is 0.00000242. The smallest absolute Gasteiger partial charge is 0.262 e. The number of alkyl halides is 2. The standard InChI is InChI=1S/C14H17BrF2N2O2.ClH/c1-19(13(20)11-6-14(16,17)8-18-11)7-9-5-10(15)3-4-12(9)21-2;/h3-5,11,18H,6-8H2,1-2H3;1H. The van der Waals surface area contributed by atoms with Gasteiger partial charge in [-0.1, -0.05) is 15.9 Å². The van der Waals surface area contributed by atoms with Gasteiger partial charge in [-0.2, -0.15) is 0 Å². The number of rotatable bonds is 4. The van der Waals surface area contributed by atoms with Gasteiger partial charge in [0.05, 0.1) is 19.7 Å². The predicted octanol–water partition coefficient (Wildman–Crippen LogP) is 2.84. The lowest BCUT2D eigenvalue weighted by Crippen LogP contribution is -2.41. The van der Waals surface area contributed by atoms with Crippen molar-refractivity contribution in [3.8, 4) is 5.75 Å². The van der Waals surface area contributed by atoms with Crippen molar-refractivity contribution >= 4 is 34.2 Å². The summed E-state index contributed by atoms with van der Waals surface area (Å²) in [5.41, 5.74) is 0.812. The summed E-state index contributed by atoms with van der Waals surface area (Å²) in [4.78, 5) is 13.6. The second-order valence-corrected chi connectivity index (χ2v) is 6.06. The minimum atomic E-state index is -2.81. The van der Waals surface area contributed by atoms with E-state index in [9.17, 15) is 13.6 Å². The maximum Gasteiger partial charge on any atom is 0.262 e. The van der Waals surface area contributed by atoms with E-state index in [1.165, 1.54) is 4.90 Å². The first kappa shape index (κ1) is 19.1. The van der Waals surface area contributed by atoms with Crippen LogP contribution < -0.4 is 10.1 Å². The zero-order chi connectivity index (χ0) is 15.6. The zero-order valence-corrected chi connectivity index (χ0v) is 14.6. The SMILES string of the molecule is COc1ccc(Br)cc1CN(C)C(=O)C1CC(F)(F)CN1.Cl. The Morgan fingerprint density at radius 3 is 2.77 bits per heavy atom. The second-order valence-electron chi connectivity index (χ2n) is 5.14. The van der Waals surface area contributed by atoms with Gasteiger partial charge in [0.25, 0.3) is 5.92 Å². The van der Waals surface area contributed by atoms with E-state index in [0.29, 0.717) is 12.3 Å². The summed E-state index contributed by atoms with van der Waals surface area (Å²) in [5, 5.41) is 2.57. The minimum absolute atomic E-state index is 0. The third kappa shape index (κ3) is 4.54. The van der Waals surface area contributed by atoms with Crippen LogP contribution in [0.3, 0.4) is 0 Å². The van der Waals surface area contributed by atoms with Crippen molar-refractivity contribution in [2.45, 2.75) is 24.9 Å². The molecule has 1 aliphatic rings. The van der Waals surface area contributed by atoms with Gasteiger partial charge in [-0.15, -0.1) is 12.4 Å². The maximum absolute atomic E-state index is 13.2. The van der Waals surface area contributed by atoms with Crippen LogP contribution in [0.2, 0.25) is 0 Å². The molecule has 0 aromatic heterocycles. The molecule has 0 bridgehead atoms. The normalized spacial score (nSPS) is 19.4. The van der Waals surface area contributed by atoms with E-state index < -0.39 is 24.9 Å². The third-order valence-corrected chi connectivity index (χ3v) is 3.93. The van der Waals surface area contributed by atoms with Gasteiger partial charge in [0.1, 0.15) is 5.75 Å². The van der Waals surface area contributed by atoms with Gasteiger partial charge in [-0.25, -0.2) is 8.78 Å². The van der Waals surface area contributed by atoms with E-state index in [4.69, 9.17) is 4.74 Å². The number of amides is 1. The molecule has 0 radical (unpaired) electrons. The number of methoxy groups -OCH3 is 1. The number of benzene rings is 1. The van der Waals surface area contributed by atoms with Gasteiger partial charge in [0.15, 0.2) is 0 Å². The van der Waals surface area contributed by atoms with Crippen molar-refractivity contribution in [2.24, 2.45) is 0 Å². The Morgan fingerprint density at radius 1 is 1.55 bits per heavy atom. The molecule has 1 aromatic rings. The highest BCUT2D eigenvalue weighted by molar-refractivity contribution is 9.10. The molecule has 1 aromatic carbocycles. The monoisotopic (exact) mass is 398 g/mol. The van der Waals surface area contributed by atoms with Crippen LogP contribution in [0, 0.1) is 0 Å². The topological polar surface area (TPSA) is 41.6 Å². The van der Waals surface area contributed by atoms with Gasteiger partial charge < -0.3 is 9.64 Å². The zero-order valence-electron chi connectivity index (χ0n) is 12.2. The fourth-order valence-electron chi connectivity index (χ4n) is 2.36. The van der Waals surface area contributed by atoms with Gasteiger partial charge >= 0.3 is 0 Å². The van der Waals surface area contributed by atoms with Crippen LogP contribution in [0.15, 0.2) is 22.7 Å². The first-order valence-corrected chi connectivity index (χ1v) is 7.30. The number of halogens is 4. The van der Waals surface area contributed by atoms with Crippen molar-refractivity contribution in [1.29, 1.82) is 0 Å². The van der Waals surface area contributed by atoms with E-state index >= 15 is 0 Å². The minimum Gasteiger partial charge on any atom is -0.496 e. The highest BCUT2D eigenvalue weighted by Gasteiger charge is 2.43. The number of likely N-dealkylation sites (N-methyl/N-ethyl adjacent to an activating group) is 1. The summed E-state index contributed by atoms with van der Waals surface area (Å²) in [6.45, 7) is -0.150. The predicted molar refractivity (Wildman–Crippen MR) is 85.8 cm³/mol. The Labute approximate surface area is 142 Å². The Bertz CT molecular complexity index is 546. The number of nitrogens with zero attached hydrogens (tertiary/aromatic N) is 1. The Morgan fingerprint density at radius 2 is 2.23 bits per heavy atom. The average molecular weight is 400 g/mol. The molecule has 1 unspecified atom stereocenters. The van der Waals surface area contributed by atoms with Crippen molar-refractivity contribution < 1.29 is 18.3 Å². The molecule has 1 N–H and O–H groups in total. The van der Waals surface area contributed by atoms with Gasteiger partial charge in [0.2, 0.25) is 5.91 Å². The average Bonchev–Trinajstić information content (AvgIpc) is 2.78. The fraction of sp³-hybridized carbons (Fsp3) is 0.500. The van der Waals surface area contributed by atoms with E-state index in [0.717, 1.165) is 10.0 Å². The van der Waals surface area contributed by atoms with Crippen LogP contribution in [0.4, 0.5) is 8.78 Å². The number of ether oxygens (including phenoxy) is 1. The van der Waals surface area contributed by atoms with E-state index in [1.807, 2.05) is 12.1 Å². The Hall–Kier alpha value is -0.920. The third-order valence-electron chi connectivity index (χ3n) is 3.43. The molecule has 8 heteroatoms. The maximum atomic E-state index is 13.2. The van der Waals surface area contributed by atoms with E-state index in [-0.39, 0.29) is 18.3 Å². The van der Waals surface area contributed by atoms with Crippen LogP contribution in [-0.2, 0) is 11.3 Å². The van der Waals surface area contributed by atoms with Crippen molar-refractivity contribution in [2.75, 3.05) is 20.7 Å². The molecule has 22 heavy (non-hydrogen) atoms. The molecule has 1 fully saturated rings. The summed E-state index contributed by atoms with van der Waals surface area (Å²) < 4.78 is 32.4. The number of carbonyl (C=O) groups is 1. The summed E-state index contributed by atoms with van der Waals surface area (Å²) in [5.74, 6) is -2.49. The molecule has 0 saturated carbocycles. The van der Waals surface area contributed by atoms with Gasteiger partial charge in [-0.3, -0.25) is 10.1 Å². The molecule has 1 atom stereocenters. The highest BCUT2D eigenvalue weighted by atomic mass is 79.9. The molecule has 0 aliphatic carbocycles. The summed E-state index contributed by atoms with van der Waals surface area (Å²) in [7, 11) is 3.15. The van der Waals surface area contributed by atoms with Crippen molar-refractivity contribution in [3.63, 3.8) is 0 Å². The molecular weight excluding hydrogens is 382 g/mol. The van der Waals surface area contributed by atoms with Crippen LogP contribution in [-0.4, -0.2) is 43.5 Å². The van der Waals surface area contributed by atoms with Crippen molar-refractivity contribution in [1.82, 2.24) is 10.2 Å². The van der Waals surface area contributed by atoms with Crippen LogP contribution in [0.1, 0.15) is 12.0 Å². The molecule has 124 valence electrons. The van der Waals surface area contributed by atoms with Crippen LogP contribution in [0.25, 0.3) is 0 Å². The number of carbonyl (C=O) groups excluding carboxylic acids is 1. The molecule has 1 heterocycles. The first-order chi connectivity index (χ1) is 9.82. The molecule has 1 saturated heterocycles. The molecular formula is C14H18BrClF2N2O2. The molecule has 4 nitrogen and oxygen atoms in total. The van der Waals surface area contributed by atoms with E-state index in [2.05, 4.69) is 21.2 Å². The largest absolute Gasteiger partial charge is 0.496 e. The van der Waals surface area contributed by atoms with E-state index in [1.54, 1.807) is 20.2 Å². The molecule has 1 amide bonds. The number of hydrogen-bond acceptors (Lipinski definition) is 3. The lowest BCUT2D eigenvalue weighted by atomic mass is 10.1. The first-order valence-electron chi connectivity index (χ1n) is 6.51. The number of nitrogens with one attached hydrogen (secondary N) is 1. The lowest BCUT2D eigenvalue weighted by Gasteiger charge is -2.22. The quantitative estimate of drug-likeness (QED) is 0.846. The highest BCUT2D eigenvalue weighted by Crippen LogP contribution is 2.27.